The third-order valence-corrected chi connectivity index (χ3v) is 4.11. The van der Waals surface area contributed by atoms with Gasteiger partial charge in [-0.3, -0.25) is 14.6 Å². The van der Waals surface area contributed by atoms with E-state index in [-0.39, 0.29) is 17.7 Å². The Bertz CT molecular complexity index is 1010. The van der Waals surface area contributed by atoms with E-state index in [9.17, 15) is 9.59 Å². The average Bonchev–Trinajstić information content (AvgIpc) is 3.06. The molecule has 0 unspecified atom stereocenters. The van der Waals surface area contributed by atoms with Crippen LogP contribution in [0.25, 0.3) is 0 Å². The summed E-state index contributed by atoms with van der Waals surface area (Å²) >= 11 is 0. The molecule has 4 rings (SSSR count). The van der Waals surface area contributed by atoms with Crippen LogP contribution in [0, 0.1) is 0 Å². The van der Waals surface area contributed by atoms with Crippen LogP contribution < -0.4 is 15.4 Å². The maximum Gasteiger partial charge on any atom is 0.257 e. The predicted octanol–water partition coefficient (Wildman–Crippen LogP) is 2.69. The zero-order valence-corrected chi connectivity index (χ0v) is 14.3. The molecule has 0 radical (unpaired) electrons. The number of nitrogens with zero attached hydrogens (tertiary/aromatic N) is 2. The smallest absolute Gasteiger partial charge is 0.257 e. The van der Waals surface area contributed by atoms with E-state index in [0.29, 0.717) is 24.3 Å². The number of hydrogen-bond donors (Lipinski definition) is 2. The maximum atomic E-state index is 12.6. The fourth-order valence-corrected chi connectivity index (χ4v) is 2.83. The molecule has 3 aromatic rings. The van der Waals surface area contributed by atoms with Crippen LogP contribution in [0.5, 0.6) is 11.6 Å². The summed E-state index contributed by atoms with van der Waals surface area (Å²) in [7, 11) is 0. The average molecular weight is 360 g/mol. The zero-order valence-electron chi connectivity index (χ0n) is 14.3. The van der Waals surface area contributed by atoms with Crippen LogP contribution in [-0.2, 0) is 17.8 Å². The molecule has 0 fully saturated rings. The van der Waals surface area contributed by atoms with Crippen molar-refractivity contribution in [1.29, 1.82) is 0 Å². The van der Waals surface area contributed by atoms with E-state index in [1.165, 1.54) is 0 Å². The Hall–Kier alpha value is -3.74. The monoisotopic (exact) mass is 360 g/mol. The molecule has 27 heavy (non-hydrogen) atoms. The first-order chi connectivity index (χ1) is 13.2. The van der Waals surface area contributed by atoms with Crippen LogP contribution >= 0.6 is 0 Å². The van der Waals surface area contributed by atoms with Crippen molar-refractivity contribution in [3.05, 3.63) is 77.7 Å². The Morgan fingerprint density at radius 2 is 2.07 bits per heavy atom. The molecule has 134 valence electrons. The molecule has 2 amide bonds. The second kappa shape index (κ2) is 7.25. The fourth-order valence-electron chi connectivity index (χ4n) is 2.83. The standard InChI is InChI=1S/C20H16N4O3/c25-18-10-14-9-13(5-6-17(14)24-18)11-23-19(26)16-4-2-8-22-20(16)27-15-3-1-7-21-12-15/h1-9,12H,10-11H2,(H,23,26)(H,24,25). The predicted molar refractivity (Wildman–Crippen MR) is 98.5 cm³/mol. The van der Waals surface area contributed by atoms with Crippen molar-refractivity contribution in [2.24, 2.45) is 0 Å². The largest absolute Gasteiger partial charge is 0.437 e. The lowest BCUT2D eigenvalue weighted by Gasteiger charge is -2.10. The Balaban J connectivity index is 1.46. The molecule has 3 heterocycles. The first-order valence-corrected chi connectivity index (χ1v) is 8.42. The second-order valence-electron chi connectivity index (χ2n) is 6.05. The lowest BCUT2D eigenvalue weighted by Crippen LogP contribution is -2.23. The third kappa shape index (κ3) is 3.77. The summed E-state index contributed by atoms with van der Waals surface area (Å²) in [5.41, 5.74) is 3.01. The minimum atomic E-state index is -0.295. The molecule has 2 aromatic heterocycles. The number of aromatic nitrogens is 2. The summed E-state index contributed by atoms with van der Waals surface area (Å²) in [6.45, 7) is 0.335. The molecule has 1 aromatic carbocycles. The summed E-state index contributed by atoms with van der Waals surface area (Å²) in [5.74, 6) is 0.406. The number of pyridine rings is 2. The summed E-state index contributed by atoms with van der Waals surface area (Å²) in [5, 5.41) is 5.65. The molecule has 0 spiro atoms. The van der Waals surface area contributed by atoms with Gasteiger partial charge in [0.05, 0.1) is 12.6 Å². The molecule has 7 nitrogen and oxygen atoms in total. The molecular formula is C20H16N4O3. The number of hydrogen-bond acceptors (Lipinski definition) is 5. The van der Waals surface area contributed by atoms with Gasteiger partial charge in [-0.05, 0) is 41.5 Å². The second-order valence-corrected chi connectivity index (χ2v) is 6.05. The van der Waals surface area contributed by atoms with E-state index in [0.717, 1.165) is 16.8 Å². The Morgan fingerprint density at radius 3 is 2.93 bits per heavy atom. The molecule has 0 bridgehead atoms. The number of nitrogens with one attached hydrogen (secondary N) is 2. The van der Waals surface area contributed by atoms with E-state index in [2.05, 4.69) is 20.6 Å². The Morgan fingerprint density at radius 1 is 1.19 bits per heavy atom. The van der Waals surface area contributed by atoms with Crippen molar-refractivity contribution in [2.45, 2.75) is 13.0 Å². The van der Waals surface area contributed by atoms with E-state index in [4.69, 9.17) is 4.74 Å². The normalized spacial score (nSPS) is 12.2. The first kappa shape index (κ1) is 16.7. The quantitative estimate of drug-likeness (QED) is 0.730. The van der Waals surface area contributed by atoms with Crippen molar-refractivity contribution in [2.75, 3.05) is 5.32 Å². The summed E-state index contributed by atoms with van der Waals surface area (Å²) in [6.07, 6.45) is 5.12. The van der Waals surface area contributed by atoms with E-state index in [1.807, 2.05) is 18.2 Å². The summed E-state index contributed by atoms with van der Waals surface area (Å²) in [6, 6.07) is 12.5. The van der Waals surface area contributed by atoms with Gasteiger partial charge in [0.2, 0.25) is 11.8 Å². The van der Waals surface area contributed by atoms with Gasteiger partial charge in [0, 0.05) is 24.6 Å². The van der Waals surface area contributed by atoms with Gasteiger partial charge in [-0.1, -0.05) is 12.1 Å². The SMILES string of the molecule is O=C1Cc2cc(CNC(=O)c3cccnc3Oc3cccnc3)ccc2N1. The van der Waals surface area contributed by atoms with Gasteiger partial charge in [0.1, 0.15) is 11.3 Å². The van der Waals surface area contributed by atoms with Crippen molar-refractivity contribution in [3.63, 3.8) is 0 Å². The Kier molecular flexibility index (Phi) is 4.49. The molecule has 0 saturated heterocycles. The molecule has 0 aliphatic carbocycles. The number of fused-ring (bicyclic) bond motifs is 1. The maximum absolute atomic E-state index is 12.6. The highest BCUT2D eigenvalue weighted by Crippen LogP contribution is 2.24. The highest BCUT2D eigenvalue weighted by Gasteiger charge is 2.18. The fraction of sp³-hybridized carbons (Fsp3) is 0.100. The number of carbonyl (C=O) groups is 2. The van der Waals surface area contributed by atoms with Gasteiger partial charge in [-0.25, -0.2) is 4.98 Å². The Labute approximate surface area is 155 Å². The number of benzene rings is 1. The molecule has 1 aliphatic heterocycles. The van der Waals surface area contributed by atoms with Crippen LogP contribution in [-0.4, -0.2) is 21.8 Å². The lowest BCUT2D eigenvalue weighted by molar-refractivity contribution is -0.115. The van der Waals surface area contributed by atoms with Gasteiger partial charge >= 0.3 is 0 Å². The minimum absolute atomic E-state index is 0.0151. The zero-order chi connectivity index (χ0) is 18.6. The van der Waals surface area contributed by atoms with E-state index < -0.39 is 0 Å². The van der Waals surface area contributed by atoms with Crippen molar-refractivity contribution in [3.8, 4) is 11.6 Å². The third-order valence-electron chi connectivity index (χ3n) is 4.11. The van der Waals surface area contributed by atoms with E-state index in [1.54, 1.807) is 42.9 Å². The lowest BCUT2D eigenvalue weighted by atomic mass is 10.1. The van der Waals surface area contributed by atoms with Crippen LogP contribution in [0.1, 0.15) is 21.5 Å². The number of ether oxygens (including phenoxy) is 1. The molecule has 7 heteroatoms. The number of amides is 2. The molecular weight excluding hydrogens is 344 g/mol. The molecule has 0 atom stereocenters. The summed E-state index contributed by atoms with van der Waals surface area (Å²) < 4.78 is 5.67. The van der Waals surface area contributed by atoms with Crippen molar-refractivity contribution in [1.82, 2.24) is 15.3 Å². The van der Waals surface area contributed by atoms with Crippen molar-refractivity contribution < 1.29 is 14.3 Å². The van der Waals surface area contributed by atoms with E-state index >= 15 is 0 Å². The molecule has 0 saturated carbocycles. The first-order valence-electron chi connectivity index (χ1n) is 8.42. The molecule has 1 aliphatic rings. The van der Waals surface area contributed by atoms with Crippen LogP contribution in [0.4, 0.5) is 5.69 Å². The van der Waals surface area contributed by atoms with Gasteiger partial charge in [-0.2, -0.15) is 0 Å². The topological polar surface area (TPSA) is 93.2 Å². The summed E-state index contributed by atoms with van der Waals surface area (Å²) in [4.78, 5) is 32.2. The van der Waals surface area contributed by atoms with Gasteiger partial charge in [-0.15, -0.1) is 0 Å². The van der Waals surface area contributed by atoms with Crippen molar-refractivity contribution >= 4 is 17.5 Å². The van der Waals surface area contributed by atoms with Gasteiger partial charge < -0.3 is 15.4 Å². The number of carbonyl (C=O) groups excluding carboxylic acids is 2. The highest BCUT2D eigenvalue weighted by molar-refractivity contribution is 5.99. The number of anilines is 1. The van der Waals surface area contributed by atoms with Gasteiger partial charge in [0.15, 0.2) is 0 Å². The van der Waals surface area contributed by atoms with Crippen LogP contribution in [0.3, 0.4) is 0 Å². The molecule has 2 N–H and O–H groups in total. The highest BCUT2D eigenvalue weighted by atomic mass is 16.5. The van der Waals surface area contributed by atoms with Crippen LogP contribution in [0.2, 0.25) is 0 Å². The number of rotatable bonds is 5. The van der Waals surface area contributed by atoms with Crippen LogP contribution in [0.15, 0.2) is 61.1 Å². The minimum Gasteiger partial charge on any atom is -0.437 e. The van der Waals surface area contributed by atoms with Gasteiger partial charge in [0.25, 0.3) is 5.91 Å².